The van der Waals surface area contributed by atoms with Crippen LogP contribution in [0.3, 0.4) is 0 Å². The van der Waals surface area contributed by atoms with Gasteiger partial charge in [0, 0.05) is 24.7 Å². The second-order valence-corrected chi connectivity index (χ2v) is 7.33. The van der Waals surface area contributed by atoms with Crippen LogP contribution in [-0.2, 0) is 13.1 Å². The molecular weight excluding hydrogens is 280 g/mol. The Kier molecular flexibility index (Phi) is 5.14. The first kappa shape index (κ1) is 16.2. The third-order valence-electron chi connectivity index (χ3n) is 4.80. The summed E-state index contributed by atoms with van der Waals surface area (Å²) in [6.45, 7) is 7.80. The molecule has 1 aliphatic heterocycles. The van der Waals surface area contributed by atoms with Gasteiger partial charge in [-0.25, -0.2) is 0 Å². The Bertz CT molecular complexity index is 550. The van der Waals surface area contributed by atoms with Gasteiger partial charge in [-0.1, -0.05) is 60.7 Å². The third kappa shape index (κ3) is 4.66. The minimum Gasteiger partial charge on any atom is -0.312 e. The van der Waals surface area contributed by atoms with E-state index in [1.54, 1.807) is 0 Å². The predicted octanol–water partition coefficient (Wildman–Crippen LogP) is 4.22. The van der Waals surface area contributed by atoms with Crippen LogP contribution in [0.5, 0.6) is 0 Å². The molecule has 1 heterocycles. The van der Waals surface area contributed by atoms with Gasteiger partial charge in [-0.3, -0.25) is 4.90 Å². The fourth-order valence-corrected chi connectivity index (χ4v) is 3.60. The Morgan fingerprint density at radius 1 is 0.913 bits per heavy atom. The number of rotatable bonds is 5. The molecule has 2 nitrogen and oxygen atoms in total. The highest BCUT2D eigenvalue weighted by molar-refractivity contribution is 5.17. The lowest BCUT2D eigenvalue weighted by Crippen LogP contribution is -2.52. The second kappa shape index (κ2) is 7.29. The topological polar surface area (TPSA) is 15.3 Å². The van der Waals surface area contributed by atoms with E-state index in [4.69, 9.17) is 0 Å². The van der Waals surface area contributed by atoms with Crippen molar-refractivity contribution in [2.24, 2.45) is 0 Å². The molecule has 0 amide bonds. The fraction of sp³-hybridized carbons (Fsp3) is 0.429. The van der Waals surface area contributed by atoms with Gasteiger partial charge in [0.25, 0.3) is 0 Å². The Morgan fingerprint density at radius 3 is 1.91 bits per heavy atom. The quantitative estimate of drug-likeness (QED) is 0.889. The largest absolute Gasteiger partial charge is 0.312 e. The molecule has 2 aromatic carbocycles. The number of hydrogen-bond acceptors (Lipinski definition) is 2. The molecule has 1 unspecified atom stereocenters. The average Bonchev–Trinajstić information content (AvgIpc) is 2.55. The minimum absolute atomic E-state index is 0.231. The maximum absolute atomic E-state index is 3.64. The first-order valence-corrected chi connectivity index (χ1v) is 8.69. The number of benzene rings is 2. The van der Waals surface area contributed by atoms with Crippen LogP contribution in [0.4, 0.5) is 0 Å². The van der Waals surface area contributed by atoms with Gasteiger partial charge in [0.15, 0.2) is 0 Å². The van der Waals surface area contributed by atoms with Crippen LogP contribution in [-0.4, -0.2) is 23.0 Å². The van der Waals surface area contributed by atoms with Crippen molar-refractivity contribution in [2.45, 2.75) is 51.4 Å². The van der Waals surface area contributed by atoms with Crippen LogP contribution in [0.15, 0.2) is 60.7 Å². The summed E-state index contributed by atoms with van der Waals surface area (Å²) in [5.41, 5.74) is 3.04. The van der Waals surface area contributed by atoms with Gasteiger partial charge in [-0.2, -0.15) is 0 Å². The van der Waals surface area contributed by atoms with E-state index in [1.807, 2.05) is 0 Å². The van der Waals surface area contributed by atoms with Crippen molar-refractivity contribution in [1.82, 2.24) is 10.2 Å². The molecule has 122 valence electrons. The van der Waals surface area contributed by atoms with Gasteiger partial charge in [0.05, 0.1) is 0 Å². The van der Waals surface area contributed by atoms with E-state index in [2.05, 4.69) is 84.7 Å². The van der Waals surface area contributed by atoms with Crippen molar-refractivity contribution in [3.05, 3.63) is 71.8 Å². The third-order valence-corrected chi connectivity index (χ3v) is 4.80. The molecule has 1 N–H and O–H groups in total. The molecule has 1 fully saturated rings. The smallest absolute Gasteiger partial charge is 0.0240 e. The van der Waals surface area contributed by atoms with E-state index in [1.165, 1.54) is 24.0 Å². The van der Waals surface area contributed by atoms with Crippen LogP contribution in [0, 0.1) is 0 Å². The van der Waals surface area contributed by atoms with E-state index in [0.717, 1.165) is 19.6 Å². The summed E-state index contributed by atoms with van der Waals surface area (Å²) < 4.78 is 0. The number of hydrogen-bond donors (Lipinski definition) is 1. The number of nitrogens with one attached hydrogen (secondary N) is 1. The normalized spacial score (nSPS) is 20.6. The van der Waals surface area contributed by atoms with Crippen molar-refractivity contribution in [1.29, 1.82) is 0 Å². The highest BCUT2D eigenvalue weighted by atomic mass is 15.2. The lowest BCUT2D eigenvalue weighted by Gasteiger charge is -2.42. The number of nitrogens with zero attached hydrogens (tertiary/aromatic N) is 1. The second-order valence-electron chi connectivity index (χ2n) is 7.33. The Morgan fingerprint density at radius 2 is 1.43 bits per heavy atom. The van der Waals surface area contributed by atoms with Gasteiger partial charge in [0.1, 0.15) is 0 Å². The molecule has 0 radical (unpaired) electrons. The summed E-state index contributed by atoms with van der Waals surface area (Å²) >= 11 is 0. The maximum atomic E-state index is 3.64. The lowest BCUT2D eigenvalue weighted by molar-refractivity contribution is 0.106. The summed E-state index contributed by atoms with van der Waals surface area (Å²) in [6.07, 6.45) is 2.43. The first-order valence-electron chi connectivity index (χ1n) is 8.69. The zero-order valence-corrected chi connectivity index (χ0v) is 14.3. The molecule has 1 aliphatic rings. The van der Waals surface area contributed by atoms with Crippen molar-refractivity contribution >= 4 is 0 Å². The van der Waals surface area contributed by atoms with Gasteiger partial charge >= 0.3 is 0 Å². The zero-order valence-electron chi connectivity index (χ0n) is 14.3. The van der Waals surface area contributed by atoms with Crippen LogP contribution in [0.25, 0.3) is 0 Å². The molecule has 0 spiro atoms. The van der Waals surface area contributed by atoms with Gasteiger partial charge in [0.2, 0.25) is 0 Å². The molecule has 1 atom stereocenters. The average molecular weight is 308 g/mol. The molecule has 2 heteroatoms. The summed E-state index contributed by atoms with van der Waals surface area (Å²) in [5.74, 6) is 0. The van der Waals surface area contributed by atoms with E-state index in [0.29, 0.717) is 6.04 Å². The predicted molar refractivity (Wildman–Crippen MR) is 97.2 cm³/mol. The molecule has 2 aromatic rings. The summed E-state index contributed by atoms with van der Waals surface area (Å²) in [6, 6.07) is 22.3. The summed E-state index contributed by atoms with van der Waals surface area (Å²) in [4.78, 5) is 2.66. The van der Waals surface area contributed by atoms with Crippen LogP contribution in [0.2, 0.25) is 0 Å². The molecule has 0 saturated carbocycles. The Labute approximate surface area is 140 Å². The van der Waals surface area contributed by atoms with Crippen LogP contribution in [0.1, 0.15) is 37.8 Å². The molecule has 0 bridgehead atoms. The lowest BCUT2D eigenvalue weighted by atomic mass is 9.88. The van der Waals surface area contributed by atoms with E-state index in [9.17, 15) is 0 Å². The Balaban J connectivity index is 1.78. The summed E-state index contributed by atoms with van der Waals surface area (Å²) in [5, 5.41) is 3.64. The van der Waals surface area contributed by atoms with Crippen molar-refractivity contribution in [3.8, 4) is 0 Å². The molecule has 23 heavy (non-hydrogen) atoms. The van der Waals surface area contributed by atoms with E-state index in [-0.39, 0.29) is 5.54 Å². The molecule has 0 aliphatic carbocycles. The van der Waals surface area contributed by atoms with E-state index >= 15 is 0 Å². The molecule has 0 aromatic heterocycles. The van der Waals surface area contributed by atoms with Gasteiger partial charge in [-0.05, 0) is 44.4 Å². The molecule has 3 rings (SSSR count). The van der Waals surface area contributed by atoms with Crippen molar-refractivity contribution in [2.75, 3.05) is 6.54 Å². The first-order chi connectivity index (χ1) is 11.1. The van der Waals surface area contributed by atoms with E-state index < -0.39 is 0 Å². The SMILES string of the molecule is CC1(C)CC(N(Cc2ccccc2)Cc2ccccc2)CCN1. The highest BCUT2D eigenvalue weighted by Crippen LogP contribution is 2.25. The zero-order chi connectivity index (χ0) is 16.1. The van der Waals surface area contributed by atoms with Gasteiger partial charge < -0.3 is 5.32 Å². The monoisotopic (exact) mass is 308 g/mol. The molecule has 1 saturated heterocycles. The Hall–Kier alpha value is -1.64. The van der Waals surface area contributed by atoms with Crippen molar-refractivity contribution < 1.29 is 0 Å². The summed E-state index contributed by atoms with van der Waals surface area (Å²) in [7, 11) is 0. The standard InChI is InChI=1S/C21H28N2/c1-21(2)15-20(13-14-22-21)23(16-18-9-5-3-6-10-18)17-19-11-7-4-8-12-19/h3-12,20,22H,13-17H2,1-2H3. The fourth-order valence-electron chi connectivity index (χ4n) is 3.60. The van der Waals surface area contributed by atoms with Crippen LogP contribution >= 0.6 is 0 Å². The minimum atomic E-state index is 0.231. The van der Waals surface area contributed by atoms with Crippen LogP contribution < -0.4 is 5.32 Å². The number of piperidine rings is 1. The molecular formula is C21H28N2. The maximum Gasteiger partial charge on any atom is 0.0240 e. The van der Waals surface area contributed by atoms with Gasteiger partial charge in [-0.15, -0.1) is 0 Å². The highest BCUT2D eigenvalue weighted by Gasteiger charge is 2.31. The van der Waals surface area contributed by atoms with Crippen molar-refractivity contribution in [3.63, 3.8) is 0 Å².